The molecule has 1 aromatic carbocycles. The molecule has 0 amide bonds. The third-order valence-corrected chi connectivity index (χ3v) is 3.90. The molecule has 3 rings (SSSR count). The number of fused-ring (bicyclic) bond motifs is 1. The first-order valence-electron chi connectivity index (χ1n) is 6.95. The van der Waals surface area contributed by atoms with Gasteiger partial charge in [-0.2, -0.15) is 13.2 Å². The number of nitrogens with one attached hydrogen (secondary N) is 1. The van der Waals surface area contributed by atoms with Gasteiger partial charge in [-0.3, -0.25) is 4.90 Å². The molecular formula is C14H17F3N4. The SMILES string of the molecule is Nc1ccc2nc(CN3CCCC(C(F)(F)F)C3)[nH]c2c1. The van der Waals surface area contributed by atoms with Crippen LogP contribution in [-0.2, 0) is 6.54 Å². The summed E-state index contributed by atoms with van der Waals surface area (Å²) in [5.74, 6) is -0.551. The van der Waals surface area contributed by atoms with Gasteiger partial charge in [0.2, 0.25) is 0 Å². The lowest BCUT2D eigenvalue weighted by molar-refractivity contribution is -0.187. The maximum atomic E-state index is 12.8. The van der Waals surface area contributed by atoms with Gasteiger partial charge in [0.05, 0.1) is 23.5 Å². The normalized spacial score (nSPS) is 21.0. The van der Waals surface area contributed by atoms with E-state index in [0.29, 0.717) is 31.0 Å². The van der Waals surface area contributed by atoms with E-state index in [1.54, 1.807) is 18.2 Å². The number of alkyl halides is 3. The van der Waals surface area contributed by atoms with E-state index in [4.69, 9.17) is 5.73 Å². The fourth-order valence-electron chi connectivity index (χ4n) is 2.83. The second-order valence-electron chi connectivity index (χ2n) is 5.58. The standard InChI is InChI=1S/C14H17F3N4/c15-14(16,17)9-2-1-5-21(7-9)8-13-19-11-4-3-10(18)6-12(11)20-13/h3-4,6,9H,1-2,5,7-8,18H2,(H,19,20). The van der Waals surface area contributed by atoms with Gasteiger partial charge >= 0.3 is 6.18 Å². The monoisotopic (exact) mass is 298 g/mol. The van der Waals surface area contributed by atoms with Crippen LogP contribution in [0.3, 0.4) is 0 Å². The van der Waals surface area contributed by atoms with E-state index >= 15 is 0 Å². The molecule has 1 unspecified atom stereocenters. The number of hydrogen-bond donors (Lipinski definition) is 2. The molecule has 4 nitrogen and oxygen atoms in total. The molecule has 7 heteroatoms. The highest BCUT2D eigenvalue weighted by molar-refractivity contribution is 5.78. The van der Waals surface area contributed by atoms with Crippen LogP contribution in [0.2, 0.25) is 0 Å². The van der Waals surface area contributed by atoms with Gasteiger partial charge in [0.1, 0.15) is 5.82 Å². The Kier molecular flexibility index (Phi) is 3.52. The summed E-state index contributed by atoms with van der Waals surface area (Å²) in [6, 6.07) is 5.34. The number of hydrogen-bond acceptors (Lipinski definition) is 3. The van der Waals surface area contributed by atoms with Crippen molar-refractivity contribution in [2.24, 2.45) is 5.92 Å². The summed E-state index contributed by atoms with van der Waals surface area (Å²) >= 11 is 0. The first-order chi connectivity index (χ1) is 9.91. The quantitative estimate of drug-likeness (QED) is 0.838. The molecular weight excluding hydrogens is 281 g/mol. The van der Waals surface area contributed by atoms with Crippen LogP contribution in [0, 0.1) is 5.92 Å². The Morgan fingerprint density at radius 3 is 2.95 bits per heavy atom. The fourth-order valence-corrected chi connectivity index (χ4v) is 2.83. The predicted octanol–water partition coefficient (Wildman–Crippen LogP) is 2.92. The lowest BCUT2D eigenvalue weighted by Gasteiger charge is -2.33. The molecule has 2 heterocycles. The van der Waals surface area contributed by atoms with Gasteiger partial charge < -0.3 is 10.7 Å². The summed E-state index contributed by atoms with van der Waals surface area (Å²) in [5.41, 5.74) is 7.93. The number of rotatable bonds is 2. The second kappa shape index (κ2) is 5.22. The number of halogens is 3. The molecule has 21 heavy (non-hydrogen) atoms. The zero-order valence-electron chi connectivity index (χ0n) is 11.5. The van der Waals surface area contributed by atoms with Gasteiger partial charge in [0.15, 0.2) is 0 Å². The Bertz CT molecular complexity index is 635. The largest absolute Gasteiger partial charge is 0.399 e. The third kappa shape index (κ3) is 3.12. The summed E-state index contributed by atoms with van der Waals surface area (Å²) in [6.45, 7) is 1.12. The Hall–Kier alpha value is -1.76. The number of H-pyrrole nitrogens is 1. The first-order valence-corrected chi connectivity index (χ1v) is 6.95. The average molecular weight is 298 g/mol. The molecule has 0 radical (unpaired) electrons. The Labute approximate surface area is 120 Å². The van der Waals surface area contributed by atoms with Gasteiger partial charge in [-0.15, -0.1) is 0 Å². The first kappa shape index (κ1) is 14.2. The second-order valence-corrected chi connectivity index (χ2v) is 5.58. The molecule has 1 aliphatic rings. The van der Waals surface area contributed by atoms with Crippen LogP contribution in [-0.4, -0.2) is 34.1 Å². The summed E-state index contributed by atoms with van der Waals surface area (Å²) in [4.78, 5) is 9.33. The van der Waals surface area contributed by atoms with Gasteiger partial charge in [-0.05, 0) is 37.6 Å². The maximum absolute atomic E-state index is 12.8. The van der Waals surface area contributed by atoms with E-state index in [0.717, 1.165) is 11.0 Å². The van der Waals surface area contributed by atoms with Crippen molar-refractivity contribution in [3.05, 3.63) is 24.0 Å². The number of likely N-dealkylation sites (tertiary alicyclic amines) is 1. The van der Waals surface area contributed by atoms with E-state index in [2.05, 4.69) is 9.97 Å². The third-order valence-electron chi connectivity index (χ3n) is 3.90. The average Bonchev–Trinajstić information content (AvgIpc) is 2.79. The smallest absolute Gasteiger partial charge is 0.393 e. The van der Waals surface area contributed by atoms with E-state index < -0.39 is 12.1 Å². The number of benzene rings is 1. The summed E-state index contributed by atoms with van der Waals surface area (Å²) in [5, 5.41) is 0. The zero-order valence-corrected chi connectivity index (χ0v) is 11.5. The van der Waals surface area contributed by atoms with Crippen molar-refractivity contribution in [1.29, 1.82) is 0 Å². The molecule has 1 saturated heterocycles. The van der Waals surface area contributed by atoms with Crippen molar-refractivity contribution in [3.63, 3.8) is 0 Å². The van der Waals surface area contributed by atoms with Crippen molar-refractivity contribution < 1.29 is 13.2 Å². The van der Waals surface area contributed by atoms with Crippen LogP contribution in [0.15, 0.2) is 18.2 Å². The molecule has 1 aliphatic heterocycles. The van der Waals surface area contributed by atoms with Crippen LogP contribution < -0.4 is 5.73 Å². The van der Waals surface area contributed by atoms with Gasteiger partial charge in [0.25, 0.3) is 0 Å². The lowest BCUT2D eigenvalue weighted by atomic mass is 9.97. The highest BCUT2D eigenvalue weighted by Crippen LogP contribution is 2.33. The van der Waals surface area contributed by atoms with Crippen molar-refractivity contribution in [3.8, 4) is 0 Å². The minimum atomic E-state index is -4.11. The van der Waals surface area contributed by atoms with Crippen molar-refractivity contribution >= 4 is 16.7 Å². The van der Waals surface area contributed by atoms with Crippen LogP contribution in [0.25, 0.3) is 11.0 Å². The number of aromatic nitrogens is 2. The summed E-state index contributed by atoms with van der Waals surface area (Å²) in [6.07, 6.45) is -3.32. The minimum Gasteiger partial charge on any atom is -0.399 e. The van der Waals surface area contributed by atoms with Crippen LogP contribution in [0.4, 0.5) is 18.9 Å². The maximum Gasteiger partial charge on any atom is 0.393 e. The molecule has 3 N–H and O–H groups in total. The number of aromatic amines is 1. The van der Waals surface area contributed by atoms with E-state index in [1.165, 1.54) is 0 Å². The van der Waals surface area contributed by atoms with Crippen molar-refractivity contribution in [2.45, 2.75) is 25.6 Å². The molecule has 2 aromatic rings. The van der Waals surface area contributed by atoms with Crippen LogP contribution in [0.5, 0.6) is 0 Å². The number of anilines is 1. The number of nitrogens with two attached hydrogens (primary N) is 1. The molecule has 1 fully saturated rings. The summed E-state index contributed by atoms with van der Waals surface area (Å²) < 4.78 is 38.4. The van der Waals surface area contributed by atoms with Crippen molar-refractivity contribution in [2.75, 3.05) is 18.8 Å². The highest BCUT2D eigenvalue weighted by atomic mass is 19.4. The Balaban J connectivity index is 1.72. The van der Waals surface area contributed by atoms with Gasteiger partial charge in [-0.25, -0.2) is 4.98 Å². The number of piperidine rings is 1. The van der Waals surface area contributed by atoms with Crippen molar-refractivity contribution in [1.82, 2.24) is 14.9 Å². The van der Waals surface area contributed by atoms with E-state index in [-0.39, 0.29) is 13.0 Å². The summed E-state index contributed by atoms with van der Waals surface area (Å²) in [7, 11) is 0. The van der Waals surface area contributed by atoms with Gasteiger partial charge in [0, 0.05) is 12.2 Å². The molecule has 0 aliphatic carbocycles. The van der Waals surface area contributed by atoms with E-state index in [9.17, 15) is 13.2 Å². The molecule has 0 bridgehead atoms. The lowest BCUT2D eigenvalue weighted by Crippen LogP contribution is -2.41. The predicted molar refractivity (Wildman–Crippen MR) is 74.6 cm³/mol. The number of nitrogen functional groups attached to an aromatic ring is 1. The van der Waals surface area contributed by atoms with E-state index in [1.807, 2.05) is 4.90 Å². The molecule has 0 saturated carbocycles. The fraction of sp³-hybridized carbons (Fsp3) is 0.500. The van der Waals surface area contributed by atoms with Crippen LogP contribution >= 0.6 is 0 Å². The van der Waals surface area contributed by atoms with Gasteiger partial charge in [-0.1, -0.05) is 0 Å². The molecule has 114 valence electrons. The Morgan fingerprint density at radius 1 is 1.38 bits per heavy atom. The molecule has 1 atom stereocenters. The topological polar surface area (TPSA) is 57.9 Å². The Morgan fingerprint density at radius 2 is 2.19 bits per heavy atom. The van der Waals surface area contributed by atoms with Crippen LogP contribution in [0.1, 0.15) is 18.7 Å². The highest BCUT2D eigenvalue weighted by Gasteiger charge is 2.41. The molecule has 1 aromatic heterocycles. The zero-order chi connectivity index (χ0) is 15.0. The minimum absolute atomic E-state index is 0.0443. The number of imidazole rings is 1. The number of nitrogens with zero attached hydrogens (tertiary/aromatic N) is 2. The molecule has 0 spiro atoms.